The second-order valence-electron chi connectivity index (χ2n) is 10.0. The van der Waals surface area contributed by atoms with E-state index in [9.17, 15) is 14.4 Å². The van der Waals surface area contributed by atoms with Crippen molar-refractivity contribution < 1.29 is 9.59 Å². The van der Waals surface area contributed by atoms with Crippen LogP contribution in [0.15, 0.2) is 23.0 Å². The molecule has 0 saturated carbocycles. The minimum Gasteiger partial charge on any atom is -0.317 e. The molecule has 8 nitrogen and oxygen atoms in total. The third-order valence-electron chi connectivity index (χ3n) is 7.73. The normalized spacial score (nSPS) is 21.9. The highest BCUT2D eigenvalue weighted by Crippen LogP contribution is 2.28. The summed E-state index contributed by atoms with van der Waals surface area (Å²) < 4.78 is 1.21. The molecule has 0 spiro atoms. The van der Waals surface area contributed by atoms with Gasteiger partial charge < -0.3 is 10.3 Å². The molecule has 0 bridgehead atoms. The van der Waals surface area contributed by atoms with E-state index in [1.165, 1.54) is 56.3 Å². The minimum atomic E-state index is -0.444. The van der Waals surface area contributed by atoms with E-state index in [0.29, 0.717) is 17.5 Å². The molecule has 0 radical (unpaired) electrons. The average molecular weight is 454 g/mol. The molecule has 2 aromatic rings. The van der Waals surface area contributed by atoms with Crippen LogP contribution in [0, 0.1) is 11.8 Å². The second kappa shape index (κ2) is 9.81. The summed E-state index contributed by atoms with van der Waals surface area (Å²) in [4.78, 5) is 42.5. The van der Waals surface area contributed by atoms with Crippen LogP contribution in [0.5, 0.6) is 0 Å². The van der Waals surface area contributed by atoms with E-state index in [2.05, 4.69) is 15.2 Å². The van der Waals surface area contributed by atoms with Crippen LogP contribution in [0.2, 0.25) is 0 Å². The zero-order chi connectivity index (χ0) is 22.8. The molecule has 1 aromatic carbocycles. The molecule has 2 amide bonds. The van der Waals surface area contributed by atoms with Crippen LogP contribution >= 0.6 is 0 Å². The quantitative estimate of drug-likeness (QED) is 0.656. The average Bonchev–Trinajstić information content (AvgIpc) is 3.14. The first-order chi connectivity index (χ1) is 16.1. The largest absolute Gasteiger partial charge is 0.346 e. The summed E-state index contributed by atoms with van der Waals surface area (Å²) in [7, 11) is 0. The van der Waals surface area contributed by atoms with Gasteiger partial charge in [-0.3, -0.25) is 14.5 Å². The van der Waals surface area contributed by atoms with Gasteiger partial charge in [-0.25, -0.2) is 4.79 Å². The number of carbonyl (C=O) groups excluding carboxylic acids is 2. The fraction of sp³-hybridized carbons (Fsp3) is 0.640. The van der Waals surface area contributed by atoms with Crippen LogP contribution in [0.4, 0.5) is 0 Å². The number of imide groups is 1. The molecule has 0 atom stereocenters. The van der Waals surface area contributed by atoms with Crippen molar-refractivity contribution in [1.29, 1.82) is 0 Å². The molecule has 3 saturated heterocycles. The smallest absolute Gasteiger partial charge is 0.317 e. The first-order valence-corrected chi connectivity index (χ1v) is 12.6. The Hall–Kier alpha value is -2.45. The number of hydrogen-bond acceptors (Lipinski definition) is 5. The van der Waals surface area contributed by atoms with Crippen LogP contribution in [0.1, 0.15) is 63.4 Å². The Balaban J connectivity index is 1.20. The van der Waals surface area contributed by atoms with E-state index in [4.69, 9.17) is 0 Å². The van der Waals surface area contributed by atoms with Crippen molar-refractivity contribution in [3.05, 3.63) is 34.2 Å². The first-order valence-electron chi connectivity index (χ1n) is 12.6. The Morgan fingerprint density at radius 3 is 2.24 bits per heavy atom. The Bertz CT molecular complexity index is 1040. The number of hydrogen-bond donors (Lipinski definition) is 2. The Kier molecular flexibility index (Phi) is 6.64. The lowest BCUT2D eigenvalue weighted by atomic mass is 9.85. The van der Waals surface area contributed by atoms with Gasteiger partial charge in [0.1, 0.15) is 0 Å². The maximum Gasteiger partial charge on any atom is 0.346 e. The van der Waals surface area contributed by atoms with Gasteiger partial charge in [-0.2, -0.15) is 9.69 Å². The van der Waals surface area contributed by atoms with E-state index >= 15 is 0 Å². The molecule has 33 heavy (non-hydrogen) atoms. The molecular formula is C25H35N5O3. The fourth-order valence-electron chi connectivity index (χ4n) is 5.74. The van der Waals surface area contributed by atoms with E-state index in [1.807, 2.05) is 18.2 Å². The van der Waals surface area contributed by atoms with Crippen LogP contribution in [-0.2, 0) is 16.1 Å². The third-order valence-corrected chi connectivity index (χ3v) is 7.73. The number of carbonyl (C=O) groups is 2. The molecule has 1 aromatic heterocycles. The zero-order valence-corrected chi connectivity index (χ0v) is 19.4. The highest BCUT2D eigenvalue weighted by Gasteiger charge is 2.30. The van der Waals surface area contributed by atoms with Gasteiger partial charge in [-0.05, 0) is 87.8 Å². The lowest BCUT2D eigenvalue weighted by Gasteiger charge is -2.33. The van der Waals surface area contributed by atoms with Crippen molar-refractivity contribution >= 4 is 22.8 Å². The molecule has 0 unspecified atom stereocenters. The van der Waals surface area contributed by atoms with Crippen molar-refractivity contribution in [2.45, 2.75) is 64.3 Å². The number of aromatic amines is 1. The van der Waals surface area contributed by atoms with Gasteiger partial charge in [0.25, 0.3) is 0 Å². The maximum absolute atomic E-state index is 12.6. The van der Waals surface area contributed by atoms with Gasteiger partial charge in [0, 0.05) is 19.4 Å². The number of H-pyrrole nitrogens is 1. The predicted octanol–water partition coefficient (Wildman–Crippen LogP) is 2.50. The molecule has 2 N–H and O–H groups in total. The number of nitrogens with zero attached hydrogens (tertiary/aromatic N) is 3. The minimum absolute atomic E-state index is 0.288. The van der Waals surface area contributed by atoms with Crippen molar-refractivity contribution in [2.75, 3.05) is 31.2 Å². The number of benzene rings is 1. The van der Waals surface area contributed by atoms with Gasteiger partial charge in [0.2, 0.25) is 11.8 Å². The predicted molar refractivity (Wildman–Crippen MR) is 127 cm³/mol. The zero-order valence-electron chi connectivity index (χ0n) is 19.4. The third kappa shape index (κ3) is 4.92. The maximum atomic E-state index is 12.6. The standard InChI is InChI=1S/C25H35N5O3/c31-23-2-1-3-24(32)30(23)29-22-7-6-20(16-21(22)27-25(29)33)17-28-14-10-19(11-15-28)5-4-18-8-12-26-13-9-18/h6-7,16,18-19,26H,1-5,8-15,17H2,(H,27,33). The Labute approximate surface area is 194 Å². The summed E-state index contributed by atoms with van der Waals surface area (Å²) in [5, 5.41) is 4.47. The summed E-state index contributed by atoms with van der Waals surface area (Å²) >= 11 is 0. The van der Waals surface area contributed by atoms with Crippen LogP contribution < -0.4 is 16.0 Å². The SMILES string of the molecule is O=C1CCCC(=O)N1n1c(=O)[nH]c2cc(CN3CCC(CCC4CCNCC4)CC3)ccc21. The summed E-state index contributed by atoms with van der Waals surface area (Å²) in [5.41, 5.74) is 1.94. The lowest BCUT2D eigenvalue weighted by Crippen LogP contribution is -2.51. The second-order valence-corrected chi connectivity index (χ2v) is 10.0. The number of aromatic nitrogens is 2. The van der Waals surface area contributed by atoms with Gasteiger partial charge in [0.05, 0.1) is 11.0 Å². The monoisotopic (exact) mass is 453 g/mol. The molecule has 3 aliphatic rings. The van der Waals surface area contributed by atoms with E-state index < -0.39 is 5.69 Å². The van der Waals surface area contributed by atoms with Crippen LogP contribution in [0.25, 0.3) is 11.0 Å². The summed E-state index contributed by atoms with van der Waals surface area (Å²) in [6, 6.07) is 5.84. The van der Waals surface area contributed by atoms with Gasteiger partial charge >= 0.3 is 5.69 Å². The van der Waals surface area contributed by atoms with Crippen molar-refractivity contribution in [3.8, 4) is 0 Å². The van der Waals surface area contributed by atoms with Crippen LogP contribution in [-0.4, -0.2) is 52.6 Å². The molecule has 178 valence electrons. The lowest BCUT2D eigenvalue weighted by molar-refractivity contribution is -0.131. The topological polar surface area (TPSA) is 90.4 Å². The summed E-state index contributed by atoms with van der Waals surface area (Å²) in [6.07, 6.45) is 9.08. The van der Waals surface area contributed by atoms with Gasteiger partial charge in [-0.15, -0.1) is 0 Å². The van der Waals surface area contributed by atoms with Gasteiger partial charge in [0.15, 0.2) is 0 Å². The summed E-state index contributed by atoms with van der Waals surface area (Å²) in [5.74, 6) is 1.13. The Morgan fingerprint density at radius 2 is 1.55 bits per heavy atom. The van der Waals surface area contributed by atoms with E-state index in [0.717, 1.165) is 42.0 Å². The highest BCUT2D eigenvalue weighted by molar-refractivity contribution is 6.10. The molecular weight excluding hydrogens is 418 g/mol. The number of imidazole rings is 1. The fourth-order valence-corrected chi connectivity index (χ4v) is 5.74. The van der Waals surface area contributed by atoms with Crippen molar-refractivity contribution in [3.63, 3.8) is 0 Å². The van der Waals surface area contributed by atoms with Crippen LogP contribution in [0.3, 0.4) is 0 Å². The number of fused-ring (bicyclic) bond motifs is 1. The van der Waals surface area contributed by atoms with Crippen molar-refractivity contribution in [1.82, 2.24) is 19.9 Å². The highest BCUT2D eigenvalue weighted by atomic mass is 16.2. The van der Waals surface area contributed by atoms with Crippen molar-refractivity contribution in [2.24, 2.45) is 11.8 Å². The number of amides is 2. The number of likely N-dealkylation sites (tertiary alicyclic amines) is 1. The first kappa shape index (κ1) is 22.3. The molecule has 5 rings (SSSR count). The van der Waals surface area contributed by atoms with E-state index in [-0.39, 0.29) is 24.7 Å². The van der Waals surface area contributed by atoms with E-state index in [1.54, 1.807) is 0 Å². The summed E-state index contributed by atoms with van der Waals surface area (Å²) in [6.45, 7) is 5.46. The molecule has 3 fully saturated rings. The number of rotatable bonds is 6. The number of piperidine rings is 3. The van der Waals surface area contributed by atoms with Gasteiger partial charge in [-0.1, -0.05) is 18.9 Å². The molecule has 0 aliphatic carbocycles. The Morgan fingerprint density at radius 1 is 0.879 bits per heavy atom. The number of nitrogens with one attached hydrogen (secondary N) is 2. The molecule has 4 heterocycles. The molecule has 3 aliphatic heterocycles. The molecule has 8 heteroatoms.